The second-order valence-electron chi connectivity index (χ2n) is 7.79. The number of aryl methyl sites for hydroxylation is 1. The van der Waals surface area contributed by atoms with Crippen molar-refractivity contribution < 1.29 is 13.9 Å². The summed E-state index contributed by atoms with van der Waals surface area (Å²) < 4.78 is 12.3. The molecule has 0 N–H and O–H groups in total. The van der Waals surface area contributed by atoms with Crippen molar-refractivity contribution in [3.8, 4) is 5.75 Å². The summed E-state index contributed by atoms with van der Waals surface area (Å²) in [5.74, 6) is 1.25. The Hall–Kier alpha value is -2.14. The highest BCUT2D eigenvalue weighted by Gasteiger charge is 2.43. The largest absolute Gasteiger partial charge is 0.461 e. The summed E-state index contributed by atoms with van der Waals surface area (Å²) in [5, 5.41) is 0. The van der Waals surface area contributed by atoms with Crippen molar-refractivity contribution in [1.29, 1.82) is 0 Å². The Morgan fingerprint density at radius 2 is 1.81 bits per heavy atom. The number of ketones is 1. The van der Waals surface area contributed by atoms with E-state index in [1.54, 1.807) is 13.0 Å². The van der Waals surface area contributed by atoms with Gasteiger partial charge in [0.05, 0.1) is 11.5 Å². The molecule has 4 nitrogen and oxygen atoms in total. The molecule has 0 saturated carbocycles. The maximum absolute atomic E-state index is 13.0. The van der Waals surface area contributed by atoms with Gasteiger partial charge in [-0.2, -0.15) is 0 Å². The number of Topliss-reactive ketones (excluding diaryl/α,β-unsaturated/α-hetero) is 1. The van der Waals surface area contributed by atoms with Gasteiger partial charge >= 0.3 is 5.63 Å². The minimum Gasteiger partial charge on any atom is -0.461 e. The molecule has 134 valence electrons. The summed E-state index contributed by atoms with van der Waals surface area (Å²) in [7, 11) is 0. The average molecular weight is 415 g/mol. The van der Waals surface area contributed by atoms with E-state index < -0.39 is 11.5 Å². The predicted molar refractivity (Wildman–Crippen MR) is 101 cm³/mol. The third kappa shape index (κ3) is 2.84. The highest BCUT2D eigenvalue weighted by molar-refractivity contribution is 9.10. The van der Waals surface area contributed by atoms with Crippen molar-refractivity contribution in [3.05, 3.63) is 73.4 Å². The zero-order valence-corrected chi connectivity index (χ0v) is 16.5. The zero-order valence-electron chi connectivity index (χ0n) is 14.9. The van der Waals surface area contributed by atoms with E-state index in [4.69, 9.17) is 9.15 Å². The van der Waals surface area contributed by atoms with E-state index in [2.05, 4.69) is 29.8 Å². The number of fused-ring (bicyclic) bond motifs is 1. The van der Waals surface area contributed by atoms with E-state index in [1.807, 2.05) is 24.3 Å². The van der Waals surface area contributed by atoms with Crippen LogP contribution in [0.15, 0.2) is 55.3 Å². The van der Waals surface area contributed by atoms with Gasteiger partial charge < -0.3 is 9.15 Å². The van der Waals surface area contributed by atoms with Gasteiger partial charge in [0, 0.05) is 29.0 Å². The molecule has 0 amide bonds. The van der Waals surface area contributed by atoms with Crippen LogP contribution >= 0.6 is 15.9 Å². The summed E-state index contributed by atoms with van der Waals surface area (Å²) in [6.07, 6.45) is 1.11. The number of hydrogen-bond acceptors (Lipinski definition) is 4. The number of allylic oxidation sites excluding steroid dienone is 2. The van der Waals surface area contributed by atoms with Gasteiger partial charge in [-0.1, -0.05) is 41.9 Å². The molecule has 26 heavy (non-hydrogen) atoms. The standard InChI is InChI=1S/C21H19BrO4/c1-11-8-15-19(20(24)25-11)17(12-4-6-13(22)7-5-12)18-14(23)9-21(2,3)10-16(18)26-15/h4-8,17H,9-10H2,1-3H3. The highest BCUT2D eigenvalue weighted by Crippen LogP contribution is 2.49. The lowest BCUT2D eigenvalue weighted by Gasteiger charge is -2.37. The maximum Gasteiger partial charge on any atom is 0.343 e. The molecule has 0 saturated heterocycles. The number of hydrogen-bond donors (Lipinski definition) is 0. The van der Waals surface area contributed by atoms with Crippen LogP contribution in [0.2, 0.25) is 0 Å². The number of carbonyl (C=O) groups is 1. The van der Waals surface area contributed by atoms with Crippen molar-refractivity contribution in [3.63, 3.8) is 0 Å². The minimum atomic E-state index is -0.456. The fraction of sp³-hybridized carbons (Fsp3) is 0.333. The van der Waals surface area contributed by atoms with Gasteiger partial charge in [-0.05, 0) is 30.0 Å². The molecule has 2 aliphatic rings. The van der Waals surface area contributed by atoms with E-state index in [0.29, 0.717) is 41.2 Å². The Labute approximate surface area is 160 Å². The molecule has 0 fully saturated rings. The Morgan fingerprint density at radius 3 is 2.50 bits per heavy atom. The molecular weight excluding hydrogens is 396 g/mol. The van der Waals surface area contributed by atoms with Crippen LogP contribution in [-0.4, -0.2) is 5.78 Å². The molecule has 0 bridgehead atoms. The number of halogens is 1. The van der Waals surface area contributed by atoms with Crippen LogP contribution in [0.3, 0.4) is 0 Å². The number of carbonyl (C=O) groups excluding carboxylic acids is 1. The summed E-state index contributed by atoms with van der Waals surface area (Å²) in [6, 6.07) is 9.43. The molecule has 1 atom stereocenters. The first kappa shape index (κ1) is 17.3. The van der Waals surface area contributed by atoms with Gasteiger partial charge in [0.15, 0.2) is 5.78 Å². The van der Waals surface area contributed by atoms with Gasteiger partial charge in [0.2, 0.25) is 0 Å². The van der Waals surface area contributed by atoms with Crippen molar-refractivity contribution in [1.82, 2.24) is 0 Å². The molecule has 1 aliphatic heterocycles. The lowest BCUT2D eigenvalue weighted by atomic mass is 9.70. The molecule has 2 heterocycles. The third-order valence-corrected chi connectivity index (χ3v) is 5.49. The molecule has 1 unspecified atom stereocenters. The van der Waals surface area contributed by atoms with Crippen molar-refractivity contribution in [2.24, 2.45) is 5.41 Å². The Kier molecular flexibility index (Phi) is 3.95. The zero-order chi connectivity index (χ0) is 18.6. The topological polar surface area (TPSA) is 56.5 Å². The van der Waals surface area contributed by atoms with E-state index in [9.17, 15) is 9.59 Å². The lowest BCUT2D eigenvalue weighted by molar-refractivity contribution is -0.118. The molecule has 1 aromatic heterocycles. The fourth-order valence-electron chi connectivity index (χ4n) is 3.89. The van der Waals surface area contributed by atoms with E-state index >= 15 is 0 Å². The van der Waals surface area contributed by atoms with Crippen LogP contribution < -0.4 is 10.4 Å². The molecule has 1 aromatic carbocycles. The second-order valence-corrected chi connectivity index (χ2v) is 8.70. The first-order valence-corrected chi connectivity index (χ1v) is 9.39. The quantitative estimate of drug-likeness (QED) is 0.667. The fourth-order valence-corrected chi connectivity index (χ4v) is 4.16. The molecular formula is C21H19BrO4. The highest BCUT2D eigenvalue weighted by atomic mass is 79.9. The maximum atomic E-state index is 13.0. The van der Waals surface area contributed by atoms with E-state index in [1.165, 1.54) is 0 Å². The van der Waals surface area contributed by atoms with Crippen molar-refractivity contribution in [2.75, 3.05) is 0 Å². The number of rotatable bonds is 1. The monoisotopic (exact) mass is 414 g/mol. The Bertz CT molecular complexity index is 996. The van der Waals surface area contributed by atoms with Gasteiger partial charge in [-0.25, -0.2) is 4.79 Å². The van der Waals surface area contributed by atoms with Crippen LogP contribution in [-0.2, 0) is 4.79 Å². The van der Waals surface area contributed by atoms with Gasteiger partial charge in [-0.15, -0.1) is 0 Å². The molecule has 1 aliphatic carbocycles. The molecule has 0 radical (unpaired) electrons. The normalized spacial score (nSPS) is 21.1. The predicted octanol–water partition coefficient (Wildman–Crippen LogP) is 4.88. The summed E-state index contributed by atoms with van der Waals surface area (Å²) in [6.45, 7) is 5.85. The molecule has 4 rings (SSSR count). The van der Waals surface area contributed by atoms with Gasteiger partial charge in [0.25, 0.3) is 0 Å². The van der Waals surface area contributed by atoms with Crippen LogP contribution in [0.1, 0.15) is 49.5 Å². The van der Waals surface area contributed by atoms with E-state index in [-0.39, 0.29) is 11.2 Å². The smallest absolute Gasteiger partial charge is 0.343 e. The average Bonchev–Trinajstić information content (AvgIpc) is 2.52. The van der Waals surface area contributed by atoms with E-state index in [0.717, 1.165) is 10.0 Å². The van der Waals surface area contributed by atoms with Gasteiger partial charge in [-0.3, -0.25) is 4.79 Å². The van der Waals surface area contributed by atoms with Crippen molar-refractivity contribution >= 4 is 21.7 Å². The SMILES string of the molecule is Cc1cc2c(c(=O)o1)C(c1ccc(Br)cc1)C1=C(CC(C)(C)CC1=O)O2. The number of ether oxygens (including phenoxy) is 1. The Balaban J connectivity index is 1.99. The first-order chi connectivity index (χ1) is 12.2. The first-order valence-electron chi connectivity index (χ1n) is 8.59. The van der Waals surface area contributed by atoms with Gasteiger partial charge in [0.1, 0.15) is 17.3 Å². The van der Waals surface area contributed by atoms with Crippen LogP contribution in [0.5, 0.6) is 5.75 Å². The molecule has 0 spiro atoms. The lowest BCUT2D eigenvalue weighted by Crippen LogP contribution is -2.34. The van der Waals surface area contributed by atoms with Crippen LogP contribution in [0.4, 0.5) is 0 Å². The van der Waals surface area contributed by atoms with Crippen LogP contribution in [0.25, 0.3) is 0 Å². The molecule has 5 heteroatoms. The minimum absolute atomic E-state index is 0.0368. The summed E-state index contributed by atoms with van der Waals surface area (Å²) in [5.41, 5.74) is 1.28. The van der Waals surface area contributed by atoms with Crippen molar-refractivity contribution in [2.45, 2.75) is 39.5 Å². The summed E-state index contributed by atoms with van der Waals surface area (Å²) >= 11 is 3.44. The van der Waals surface area contributed by atoms with Crippen LogP contribution in [0, 0.1) is 12.3 Å². The number of benzene rings is 1. The summed E-state index contributed by atoms with van der Waals surface area (Å²) in [4.78, 5) is 25.7. The Morgan fingerprint density at radius 1 is 1.12 bits per heavy atom. The second kappa shape index (κ2) is 5.95. The third-order valence-electron chi connectivity index (χ3n) is 4.97. The molecule has 2 aromatic rings.